The van der Waals surface area contributed by atoms with Crippen molar-refractivity contribution >= 4 is 23.3 Å². The largest absolute Gasteiger partial charge is 0.462 e. The second kappa shape index (κ2) is 11.5. The minimum absolute atomic E-state index is 0.0544. The van der Waals surface area contributed by atoms with Crippen molar-refractivity contribution in [3.8, 4) is 11.1 Å². The van der Waals surface area contributed by atoms with Gasteiger partial charge in [-0.25, -0.2) is 0 Å². The van der Waals surface area contributed by atoms with Crippen molar-refractivity contribution in [2.75, 3.05) is 11.9 Å². The van der Waals surface area contributed by atoms with Crippen LogP contribution in [0.5, 0.6) is 0 Å². The van der Waals surface area contributed by atoms with Gasteiger partial charge in [0.15, 0.2) is 5.78 Å². The first kappa shape index (κ1) is 27.3. The molecule has 1 unspecified atom stereocenters. The molecule has 7 heteroatoms. The van der Waals surface area contributed by atoms with Gasteiger partial charge in [0.25, 0.3) is 5.91 Å². The van der Waals surface area contributed by atoms with E-state index in [4.69, 9.17) is 4.74 Å². The third-order valence-electron chi connectivity index (χ3n) is 7.94. The van der Waals surface area contributed by atoms with Crippen molar-refractivity contribution < 1.29 is 19.1 Å². The fraction of sp³-hybridized carbons (Fsp3) is 0.229. The summed E-state index contributed by atoms with van der Waals surface area (Å²) >= 11 is 0. The van der Waals surface area contributed by atoms with Crippen LogP contribution in [0.4, 0.5) is 5.69 Å². The molecule has 0 bridgehead atoms. The average molecular weight is 560 g/mol. The average Bonchev–Trinajstić information content (AvgIpc) is 3.39. The molecule has 6 rings (SSSR count). The smallest absolute Gasteiger partial charge is 0.302 e. The number of allylic oxidation sites excluding steroid dienone is 2. The molecule has 0 fully saturated rings. The number of carbonyl (C=O) groups excluding carboxylic acids is 3. The number of nitrogens with zero attached hydrogens (tertiary/aromatic N) is 1. The number of ketones is 1. The van der Waals surface area contributed by atoms with Crippen LogP contribution in [0.25, 0.3) is 11.1 Å². The molecule has 2 aliphatic heterocycles. The minimum Gasteiger partial charge on any atom is -0.462 e. The highest BCUT2D eigenvalue weighted by atomic mass is 16.5. The van der Waals surface area contributed by atoms with Gasteiger partial charge in [0.05, 0.1) is 0 Å². The van der Waals surface area contributed by atoms with Crippen LogP contribution in [0.3, 0.4) is 0 Å². The Morgan fingerprint density at radius 1 is 0.976 bits per heavy atom. The van der Waals surface area contributed by atoms with Gasteiger partial charge < -0.3 is 20.3 Å². The van der Waals surface area contributed by atoms with Gasteiger partial charge in [0.1, 0.15) is 12.1 Å². The zero-order valence-electron chi connectivity index (χ0n) is 23.7. The Morgan fingerprint density at radius 2 is 1.74 bits per heavy atom. The number of anilines is 1. The number of Topliss-reactive ketones (excluding diaryl/α,β-unsaturated/α-hetero) is 1. The van der Waals surface area contributed by atoms with Gasteiger partial charge in [-0.3, -0.25) is 14.4 Å². The lowest BCUT2D eigenvalue weighted by atomic mass is 9.96. The Hall–Kier alpha value is -4.91. The number of rotatable bonds is 6. The molecule has 1 amide bonds. The van der Waals surface area contributed by atoms with Gasteiger partial charge in [-0.1, -0.05) is 54.1 Å². The first-order valence-electron chi connectivity index (χ1n) is 14.3. The summed E-state index contributed by atoms with van der Waals surface area (Å²) in [5.41, 5.74) is 7.79. The van der Waals surface area contributed by atoms with Crippen molar-refractivity contribution in [1.82, 2.24) is 10.2 Å². The van der Waals surface area contributed by atoms with Gasteiger partial charge >= 0.3 is 5.97 Å². The van der Waals surface area contributed by atoms with Crippen LogP contribution >= 0.6 is 0 Å². The van der Waals surface area contributed by atoms with Crippen molar-refractivity contribution in [1.29, 1.82) is 0 Å². The maximum atomic E-state index is 13.7. The predicted molar refractivity (Wildman–Crippen MR) is 163 cm³/mol. The summed E-state index contributed by atoms with van der Waals surface area (Å²) < 4.78 is 5.51. The van der Waals surface area contributed by atoms with Crippen molar-refractivity contribution in [2.24, 2.45) is 0 Å². The first-order valence-corrected chi connectivity index (χ1v) is 14.3. The first-order chi connectivity index (χ1) is 20.4. The summed E-state index contributed by atoms with van der Waals surface area (Å²) in [6.45, 7) is 4.20. The fourth-order valence-corrected chi connectivity index (χ4v) is 5.84. The van der Waals surface area contributed by atoms with Gasteiger partial charge in [0, 0.05) is 53.8 Å². The Bertz CT molecular complexity index is 1630. The molecule has 0 spiro atoms. The fourth-order valence-electron chi connectivity index (χ4n) is 5.84. The summed E-state index contributed by atoms with van der Waals surface area (Å²) in [5.74, 6) is -0.539. The molecular formula is C35H33N3O4. The highest BCUT2D eigenvalue weighted by Crippen LogP contribution is 2.35. The Morgan fingerprint density at radius 3 is 2.50 bits per heavy atom. The van der Waals surface area contributed by atoms with E-state index >= 15 is 0 Å². The third kappa shape index (κ3) is 5.63. The van der Waals surface area contributed by atoms with Crippen molar-refractivity contribution in [3.05, 3.63) is 125 Å². The van der Waals surface area contributed by atoms with Crippen LogP contribution in [0.15, 0.2) is 108 Å². The van der Waals surface area contributed by atoms with Crippen LogP contribution in [0.2, 0.25) is 0 Å². The molecule has 3 aromatic carbocycles. The topological polar surface area (TPSA) is 87.7 Å². The van der Waals surface area contributed by atoms with Crippen LogP contribution < -0.4 is 10.6 Å². The molecule has 1 aliphatic carbocycles. The zero-order valence-corrected chi connectivity index (χ0v) is 23.7. The molecule has 0 aromatic heterocycles. The zero-order chi connectivity index (χ0) is 29.2. The van der Waals surface area contributed by atoms with Gasteiger partial charge in [-0.05, 0) is 73.4 Å². The van der Waals surface area contributed by atoms with E-state index in [1.54, 1.807) is 24.3 Å². The summed E-state index contributed by atoms with van der Waals surface area (Å²) in [7, 11) is 0. The van der Waals surface area contributed by atoms with E-state index in [0.29, 0.717) is 36.1 Å². The summed E-state index contributed by atoms with van der Waals surface area (Å²) in [5, 5.41) is 6.46. The quantitative estimate of drug-likeness (QED) is 0.278. The molecule has 3 aliphatic rings. The summed E-state index contributed by atoms with van der Waals surface area (Å²) in [6.07, 6.45) is 7.93. The summed E-state index contributed by atoms with van der Waals surface area (Å²) in [6, 6.07) is 22.1. The molecule has 2 atom stereocenters. The number of benzene rings is 3. The van der Waals surface area contributed by atoms with Crippen LogP contribution in [0, 0.1) is 6.92 Å². The van der Waals surface area contributed by atoms with E-state index in [-0.39, 0.29) is 23.8 Å². The number of carbonyl (C=O) groups is 3. The highest BCUT2D eigenvalue weighted by molar-refractivity contribution is 6.09. The molecule has 0 radical (unpaired) electrons. The number of fused-ring (bicyclic) bond motifs is 2. The number of hydrogen-bond donors (Lipinski definition) is 2. The second-order valence-corrected chi connectivity index (χ2v) is 10.9. The van der Waals surface area contributed by atoms with Crippen molar-refractivity contribution in [3.63, 3.8) is 0 Å². The van der Waals surface area contributed by atoms with Gasteiger partial charge in [0.2, 0.25) is 0 Å². The molecule has 2 heterocycles. The second-order valence-electron chi connectivity index (χ2n) is 10.9. The van der Waals surface area contributed by atoms with Crippen LogP contribution in [0.1, 0.15) is 52.5 Å². The van der Waals surface area contributed by atoms with E-state index in [0.717, 1.165) is 40.3 Å². The Kier molecular flexibility index (Phi) is 7.48. The van der Waals surface area contributed by atoms with Crippen LogP contribution in [-0.2, 0) is 9.53 Å². The lowest BCUT2D eigenvalue weighted by molar-refractivity contribution is -0.146. The van der Waals surface area contributed by atoms with Gasteiger partial charge in [-0.2, -0.15) is 0 Å². The lowest BCUT2D eigenvalue weighted by Gasteiger charge is -2.32. The number of nitrogens with one attached hydrogen (secondary N) is 2. The molecule has 212 valence electrons. The molecule has 0 saturated heterocycles. The molecule has 42 heavy (non-hydrogen) atoms. The van der Waals surface area contributed by atoms with Gasteiger partial charge in [-0.15, -0.1) is 0 Å². The SMILES string of the molecule is CC(=O)O[C@@H]1CCC2=C(C1)N1CC=CC1=CC(C(=O)c1ccc(NC(=O)c3ccccc3-c3ccc(C)cc3)cc1)N2. The number of hydrogen-bond acceptors (Lipinski definition) is 6. The van der Waals surface area contributed by atoms with E-state index < -0.39 is 6.04 Å². The monoisotopic (exact) mass is 559 g/mol. The summed E-state index contributed by atoms with van der Waals surface area (Å²) in [4.78, 5) is 40.7. The Balaban J connectivity index is 1.18. The third-order valence-corrected chi connectivity index (χ3v) is 7.94. The molecular weight excluding hydrogens is 526 g/mol. The molecule has 2 N–H and O–H groups in total. The molecule has 7 nitrogen and oxygen atoms in total. The lowest BCUT2D eigenvalue weighted by Crippen LogP contribution is -2.37. The van der Waals surface area contributed by atoms with Crippen LogP contribution in [-0.4, -0.2) is 41.3 Å². The van der Waals surface area contributed by atoms with E-state index in [2.05, 4.69) is 21.6 Å². The number of aryl methyl sites for hydroxylation is 1. The minimum atomic E-state index is -0.537. The molecule has 0 saturated carbocycles. The normalized spacial score (nSPS) is 19.2. The van der Waals surface area contributed by atoms with E-state index in [1.807, 2.05) is 67.6 Å². The molecule has 3 aromatic rings. The maximum absolute atomic E-state index is 13.7. The number of amides is 1. The predicted octanol–water partition coefficient (Wildman–Crippen LogP) is 6.15. The van der Waals surface area contributed by atoms with E-state index in [1.165, 1.54) is 6.92 Å². The van der Waals surface area contributed by atoms with Crippen molar-refractivity contribution in [2.45, 2.75) is 45.3 Å². The number of esters is 1. The maximum Gasteiger partial charge on any atom is 0.302 e. The van der Waals surface area contributed by atoms with E-state index in [9.17, 15) is 14.4 Å². The number of ether oxygens (including phenoxy) is 1. The highest BCUT2D eigenvalue weighted by Gasteiger charge is 2.33. The standard InChI is InChI=1S/C35H33N3O4/c1-22-9-11-24(12-10-22)29-7-3-4-8-30(29)35(41)36-26-15-13-25(14-16-26)34(40)32-20-27-6-5-19-38(27)33-21-28(42-23(2)39)17-18-31(33)37-32/h3-16,20,28,32,37H,17-19,21H2,1-2H3,(H,36,41)/t28-,32?/m1/s1. The Labute approximate surface area is 245 Å².